The number of aryl methyl sites for hydroxylation is 1. The van der Waals surface area contributed by atoms with Gasteiger partial charge in [-0.25, -0.2) is 4.79 Å². The lowest BCUT2D eigenvalue weighted by molar-refractivity contribution is -0.120. The van der Waals surface area contributed by atoms with Crippen LogP contribution in [0, 0.1) is 0 Å². The van der Waals surface area contributed by atoms with Crippen molar-refractivity contribution in [2.45, 2.75) is 25.3 Å². The van der Waals surface area contributed by atoms with Gasteiger partial charge in [0.25, 0.3) is 0 Å². The Morgan fingerprint density at radius 2 is 2.03 bits per heavy atom. The fraction of sp³-hybridized carbons (Fsp3) is 0.333. The molecule has 7 nitrogen and oxygen atoms in total. The number of aromatic nitrogens is 1. The number of carbonyl (C=O) groups is 2. The molecule has 1 N–H and O–H groups in total. The zero-order valence-corrected chi connectivity index (χ0v) is 17.9. The minimum absolute atomic E-state index is 0.133. The molecule has 0 spiro atoms. The Balaban J connectivity index is 1.68. The van der Waals surface area contributed by atoms with Crippen LogP contribution in [0.4, 0.5) is 0 Å². The molecule has 1 amide bonds. The number of fused-ring (bicyclic) bond motifs is 2. The molecule has 0 saturated carbocycles. The maximum Gasteiger partial charge on any atom is 0.341 e. The first kappa shape index (κ1) is 20.8. The van der Waals surface area contributed by atoms with Crippen molar-refractivity contribution < 1.29 is 23.8 Å². The van der Waals surface area contributed by atoms with Crippen LogP contribution in [0.15, 0.2) is 36.5 Å². The lowest BCUT2D eigenvalue weighted by Crippen LogP contribution is -2.35. The van der Waals surface area contributed by atoms with Crippen LogP contribution in [0.2, 0.25) is 0 Å². The maximum absolute atomic E-state index is 12.3. The van der Waals surface area contributed by atoms with Crippen molar-refractivity contribution in [1.82, 2.24) is 9.88 Å². The quantitative estimate of drug-likeness (QED) is 0.464. The van der Waals surface area contributed by atoms with E-state index in [9.17, 15) is 9.59 Å². The molecule has 3 aromatic rings. The summed E-state index contributed by atoms with van der Waals surface area (Å²) in [6.07, 6.45) is 5.11. The highest BCUT2D eigenvalue weighted by Crippen LogP contribution is 2.37. The number of nitrogens with one attached hydrogen (secondary N) is 1. The summed E-state index contributed by atoms with van der Waals surface area (Å²) in [6, 6.07) is 9.53. The van der Waals surface area contributed by atoms with Crippen molar-refractivity contribution in [2.24, 2.45) is 0 Å². The molecule has 0 radical (unpaired) electrons. The SMILES string of the molecule is COC(=O)c1cc2c(cc1OC)CCN(C=O)C2CCc1c[nH]c2ccc(OC)cc12. The van der Waals surface area contributed by atoms with Gasteiger partial charge in [-0.1, -0.05) is 0 Å². The number of rotatable bonds is 7. The normalized spacial score (nSPS) is 15.5. The van der Waals surface area contributed by atoms with Gasteiger partial charge in [0, 0.05) is 23.6 Å². The third kappa shape index (κ3) is 3.83. The van der Waals surface area contributed by atoms with E-state index in [-0.39, 0.29) is 6.04 Å². The number of esters is 1. The van der Waals surface area contributed by atoms with Crippen molar-refractivity contribution in [1.29, 1.82) is 0 Å². The van der Waals surface area contributed by atoms with Crippen molar-refractivity contribution in [3.05, 3.63) is 58.8 Å². The molecular formula is C24H26N2O5. The largest absolute Gasteiger partial charge is 0.497 e. The zero-order chi connectivity index (χ0) is 22.0. The summed E-state index contributed by atoms with van der Waals surface area (Å²) in [5, 5.41) is 1.11. The minimum Gasteiger partial charge on any atom is -0.497 e. The molecule has 0 saturated heterocycles. The molecule has 1 aromatic heterocycles. The highest BCUT2D eigenvalue weighted by atomic mass is 16.5. The smallest absolute Gasteiger partial charge is 0.341 e. The van der Waals surface area contributed by atoms with E-state index in [1.54, 1.807) is 7.11 Å². The van der Waals surface area contributed by atoms with Gasteiger partial charge in [0.05, 0.1) is 27.4 Å². The first-order valence-corrected chi connectivity index (χ1v) is 10.2. The van der Waals surface area contributed by atoms with E-state index in [0.717, 1.165) is 52.6 Å². The number of carbonyl (C=O) groups excluding carboxylic acids is 2. The first-order chi connectivity index (χ1) is 15.1. The van der Waals surface area contributed by atoms with E-state index in [4.69, 9.17) is 14.2 Å². The molecule has 31 heavy (non-hydrogen) atoms. The molecule has 0 fully saturated rings. The molecule has 1 aliphatic rings. The molecule has 0 aliphatic carbocycles. The second kappa shape index (κ2) is 8.71. The summed E-state index contributed by atoms with van der Waals surface area (Å²) >= 11 is 0. The second-order valence-corrected chi connectivity index (χ2v) is 7.62. The number of aromatic amines is 1. The Morgan fingerprint density at radius 1 is 1.19 bits per heavy atom. The lowest BCUT2D eigenvalue weighted by Gasteiger charge is -2.35. The van der Waals surface area contributed by atoms with E-state index in [1.165, 1.54) is 14.2 Å². The number of nitrogens with zero attached hydrogens (tertiary/aromatic N) is 1. The van der Waals surface area contributed by atoms with Crippen LogP contribution in [-0.2, 0) is 22.4 Å². The average molecular weight is 422 g/mol. The number of ether oxygens (including phenoxy) is 3. The number of methoxy groups -OCH3 is 3. The van der Waals surface area contributed by atoms with Crippen LogP contribution < -0.4 is 9.47 Å². The summed E-state index contributed by atoms with van der Waals surface area (Å²) < 4.78 is 15.7. The van der Waals surface area contributed by atoms with Gasteiger partial charge in [0.15, 0.2) is 0 Å². The fourth-order valence-electron chi connectivity index (χ4n) is 4.42. The van der Waals surface area contributed by atoms with Crippen molar-refractivity contribution in [3.8, 4) is 11.5 Å². The number of amides is 1. The van der Waals surface area contributed by atoms with Crippen molar-refractivity contribution >= 4 is 23.3 Å². The van der Waals surface area contributed by atoms with Crippen LogP contribution in [0.1, 0.15) is 39.5 Å². The lowest BCUT2D eigenvalue weighted by atomic mass is 9.87. The Labute approximate surface area is 180 Å². The van der Waals surface area contributed by atoms with Gasteiger partial charge < -0.3 is 24.1 Å². The van der Waals surface area contributed by atoms with Crippen molar-refractivity contribution in [2.75, 3.05) is 27.9 Å². The Morgan fingerprint density at radius 3 is 2.74 bits per heavy atom. The van der Waals surface area contributed by atoms with E-state index >= 15 is 0 Å². The second-order valence-electron chi connectivity index (χ2n) is 7.62. The highest BCUT2D eigenvalue weighted by molar-refractivity contribution is 5.93. The molecular weight excluding hydrogens is 396 g/mol. The van der Waals surface area contributed by atoms with E-state index in [2.05, 4.69) is 4.98 Å². The molecule has 0 bridgehead atoms. The Hall–Kier alpha value is -3.48. The van der Waals surface area contributed by atoms with Crippen LogP contribution in [0.3, 0.4) is 0 Å². The van der Waals surface area contributed by atoms with Gasteiger partial charge in [0.2, 0.25) is 6.41 Å². The number of hydrogen-bond acceptors (Lipinski definition) is 5. The van der Waals surface area contributed by atoms with Crippen LogP contribution in [-0.4, -0.2) is 50.1 Å². The topological polar surface area (TPSA) is 80.9 Å². The fourth-order valence-corrected chi connectivity index (χ4v) is 4.42. The number of hydrogen-bond donors (Lipinski definition) is 1. The molecule has 4 rings (SSSR count). The summed E-state index contributed by atoms with van der Waals surface area (Å²) in [5.74, 6) is 0.846. The van der Waals surface area contributed by atoms with Gasteiger partial charge in [-0.05, 0) is 66.3 Å². The van der Waals surface area contributed by atoms with Crippen molar-refractivity contribution in [3.63, 3.8) is 0 Å². The molecule has 1 atom stereocenters. The maximum atomic E-state index is 12.3. The van der Waals surface area contributed by atoms with Gasteiger partial charge in [-0.2, -0.15) is 0 Å². The van der Waals surface area contributed by atoms with E-state index < -0.39 is 5.97 Å². The van der Waals surface area contributed by atoms with Gasteiger partial charge in [-0.15, -0.1) is 0 Å². The van der Waals surface area contributed by atoms with Crippen LogP contribution in [0.25, 0.3) is 10.9 Å². The number of H-pyrrole nitrogens is 1. The molecule has 1 aliphatic heterocycles. The summed E-state index contributed by atoms with van der Waals surface area (Å²) in [6.45, 7) is 0.629. The van der Waals surface area contributed by atoms with Crippen LogP contribution >= 0.6 is 0 Å². The van der Waals surface area contributed by atoms with Gasteiger partial charge >= 0.3 is 5.97 Å². The summed E-state index contributed by atoms with van der Waals surface area (Å²) in [4.78, 5) is 29.2. The van der Waals surface area contributed by atoms with E-state index in [1.807, 2.05) is 41.4 Å². The predicted molar refractivity (Wildman–Crippen MR) is 117 cm³/mol. The van der Waals surface area contributed by atoms with Gasteiger partial charge in [-0.3, -0.25) is 4.79 Å². The third-order valence-electron chi connectivity index (χ3n) is 6.06. The monoisotopic (exact) mass is 422 g/mol. The van der Waals surface area contributed by atoms with Gasteiger partial charge in [0.1, 0.15) is 17.1 Å². The highest BCUT2D eigenvalue weighted by Gasteiger charge is 2.29. The molecule has 7 heteroatoms. The molecule has 162 valence electrons. The summed E-state index contributed by atoms with van der Waals surface area (Å²) in [7, 11) is 4.54. The summed E-state index contributed by atoms with van der Waals surface area (Å²) in [5.41, 5.74) is 4.64. The van der Waals surface area contributed by atoms with E-state index in [0.29, 0.717) is 24.3 Å². The predicted octanol–water partition coefficient (Wildman–Crippen LogP) is 3.66. The molecule has 1 unspecified atom stereocenters. The Kier molecular flexibility index (Phi) is 5.84. The standard InChI is InChI=1S/C24H26N2O5/c1-29-17-5-6-21-18(11-17)16(13-25-21)4-7-22-19-12-20(24(28)31-3)23(30-2)10-15(19)8-9-26(22)14-27/h5-6,10-14,22,25H,4,7-9H2,1-3H3. The first-order valence-electron chi connectivity index (χ1n) is 10.2. The Bertz CT molecular complexity index is 1120. The average Bonchev–Trinajstić information content (AvgIpc) is 3.22. The minimum atomic E-state index is -0.453. The number of benzene rings is 2. The molecule has 2 aromatic carbocycles. The molecule has 2 heterocycles. The zero-order valence-electron chi connectivity index (χ0n) is 17.9. The third-order valence-corrected chi connectivity index (χ3v) is 6.06. The van der Waals surface area contributed by atoms with Crippen LogP contribution in [0.5, 0.6) is 11.5 Å².